The molecule has 86 valence electrons. The number of nitrogens with zero attached hydrogens (tertiary/aromatic N) is 1. The monoisotopic (exact) mass is 219 g/mol. The Bertz CT molecular complexity index is 351. The molecule has 2 atom stereocenters. The van der Waals surface area contributed by atoms with Gasteiger partial charge in [0.25, 0.3) is 0 Å². The van der Waals surface area contributed by atoms with E-state index in [9.17, 15) is 4.79 Å². The van der Waals surface area contributed by atoms with E-state index in [4.69, 9.17) is 10.00 Å². The van der Waals surface area contributed by atoms with E-state index in [-0.39, 0.29) is 11.9 Å². The molecule has 1 aliphatic carbocycles. The molecular weight excluding hydrogens is 202 g/mol. The Morgan fingerprint density at radius 2 is 2.25 bits per heavy atom. The second kappa shape index (κ2) is 5.50. The van der Waals surface area contributed by atoms with Gasteiger partial charge in [-0.25, -0.2) is 0 Å². The van der Waals surface area contributed by atoms with Gasteiger partial charge >= 0.3 is 5.97 Å². The summed E-state index contributed by atoms with van der Waals surface area (Å²) < 4.78 is 5.12. The van der Waals surface area contributed by atoms with E-state index in [1.807, 2.05) is 31.2 Å². The van der Waals surface area contributed by atoms with Gasteiger partial charge in [-0.05, 0) is 13.3 Å². The van der Waals surface area contributed by atoms with Gasteiger partial charge in [-0.3, -0.25) is 4.79 Å². The molecule has 0 aromatic heterocycles. The van der Waals surface area contributed by atoms with Crippen LogP contribution in [0.2, 0.25) is 0 Å². The van der Waals surface area contributed by atoms with Gasteiger partial charge < -0.3 is 4.74 Å². The van der Waals surface area contributed by atoms with Crippen LogP contribution >= 0.6 is 0 Å². The molecule has 0 N–H and O–H groups in total. The summed E-state index contributed by atoms with van der Waals surface area (Å²) in [6.07, 6.45) is 8.52. The zero-order chi connectivity index (χ0) is 12.0. The number of rotatable bonds is 4. The van der Waals surface area contributed by atoms with E-state index in [0.29, 0.717) is 19.4 Å². The summed E-state index contributed by atoms with van der Waals surface area (Å²) in [7, 11) is 0. The first-order chi connectivity index (χ1) is 7.71. The average molecular weight is 219 g/mol. The average Bonchev–Trinajstić information content (AvgIpc) is 2.30. The number of ether oxygens (including phenoxy) is 1. The predicted molar refractivity (Wildman–Crippen MR) is 61.4 cm³/mol. The van der Waals surface area contributed by atoms with E-state index < -0.39 is 5.41 Å². The maximum atomic E-state index is 12.0. The largest absolute Gasteiger partial charge is 0.465 e. The Morgan fingerprint density at radius 1 is 1.50 bits per heavy atom. The number of hydrogen-bond donors (Lipinski definition) is 0. The molecule has 16 heavy (non-hydrogen) atoms. The lowest BCUT2D eigenvalue weighted by Gasteiger charge is -2.34. The Morgan fingerprint density at radius 3 is 2.81 bits per heavy atom. The van der Waals surface area contributed by atoms with Crippen molar-refractivity contribution in [1.29, 1.82) is 5.26 Å². The maximum absolute atomic E-state index is 12.0. The van der Waals surface area contributed by atoms with Crippen LogP contribution in [0.1, 0.15) is 26.7 Å². The normalized spacial score (nSPS) is 27.4. The van der Waals surface area contributed by atoms with Crippen LogP contribution in [-0.2, 0) is 9.53 Å². The van der Waals surface area contributed by atoms with Crippen molar-refractivity contribution < 1.29 is 9.53 Å². The van der Waals surface area contributed by atoms with Gasteiger partial charge in [-0.15, -0.1) is 0 Å². The van der Waals surface area contributed by atoms with E-state index in [1.165, 1.54) is 0 Å². The molecule has 0 heterocycles. The molecule has 1 aliphatic rings. The first-order valence-electron chi connectivity index (χ1n) is 5.61. The number of carbonyl (C=O) groups excluding carboxylic acids is 1. The zero-order valence-electron chi connectivity index (χ0n) is 9.77. The molecule has 1 rings (SSSR count). The number of hydrogen-bond acceptors (Lipinski definition) is 3. The third-order valence-electron chi connectivity index (χ3n) is 3.06. The third kappa shape index (κ3) is 2.16. The van der Waals surface area contributed by atoms with Crippen LogP contribution in [-0.4, -0.2) is 12.6 Å². The molecule has 0 spiro atoms. The highest BCUT2D eigenvalue weighted by Gasteiger charge is 2.42. The van der Waals surface area contributed by atoms with Crippen molar-refractivity contribution in [3.63, 3.8) is 0 Å². The molecule has 0 aliphatic heterocycles. The summed E-state index contributed by atoms with van der Waals surface area (Å²) >= 11 is 0. The fourth-order valence-electron chi connectivity index (χ4n) is 2.08. The lowest BCUT2D eigenvalue weighted by Crippen LogP contribution is -2.38. The lowest BCUT2D eigenvalue weighted by atomic mass is 9.69. The SMILES string of the molecule is CCOC(=O)[C@@]1(CC)C=CC=C[C@@H]1CC#N. The van der Waals surface area contributed by atoms with Crippen LogP contribution in [0.25, 0.3) is 0 Å². The van der Waals surface area contributed by atoms with Gasteiger partial charge in [-0.1, -0.05) is 31.2 Å². The molecule has 3 nitrogen and oxygen atoms in total. The summed E-state index contributed by atoms with van der Waals surface area (Å²) in [4.78, 5) is 12.0. The molecular formula is C13H17NO2. The van der Waals surface area contributed by atoms with Gasteiger partial charge in [0.1, 0.15) is 0 Å². The Labute approximate surface area is 96.4 Å². The van der Waals surface area contributed by atoms with Crippen molar-refractivity contribution in [1.82, 2.24) is 0 Å². The van der Waals surface area contributed by atoms with Crippen molar-refractivity contribution in [2.45, 2.75) is 26.7 Å². The van der Waals surface area contributed by atoms with Crippen molar-refractivity contribution >= 4 is 5.97 Å². The Kier molecular flexibility index (Phi) is 4.30. The lowest BCUT2D eigenvalue weighted by molar-refractivity contribution is -0.154. The summed E-state index contributed by atoms with van der Waals surface area (Å²) in [6.45, 7) is 4.12. The minimum absolute atomic E-state index is 0.0773. The van der Waals surface area contributed by atoms with Crippen LogP contribution in [0.3, 0.4) is 0 Å². The van der Waals surface area contributed by atoms with Gasteiger partial charge in [0.05, 0.1) is 18.1 Å². The number of carbonyl (C=O) groups is 1. The highest BCUT2D eigenvalue weighted by atomic mass is 16.5. The van der Waals surface area contributed by atoms with Crippen molar-refractivity contribution in [3.05, 3.63) is 24.3 Å². The summed E-state index contributed by atoms with van der Waals surface area (Å²) in [5.74, 6) is -0.301. The molecule has 0 bridgehead atoms. The number of allylic oxidation sites excluding steroid dienone is 3. The molecule has 0 amide bonds. The quantitative estimate of drug-likeness (QED) is 0.683. The smallest absolute Gasteiger partial charge is 0.316 e. The van der Waals surface area contributed by atoms with Crippen molar-refractivity contribution in [2.75, 3.05) is 6.61 Å². The second-order valence-electron chi connectivity index (χ2n) is 3.83. The highest BCUT2D eigenvalue weighted by Crippen LogP contribution is 2.40. The van der Waals surface area contributed by atoms with Crippen molar-refractivity contribution in [2.24, 2.45) is 11.3 Å². The summed E-state index contributed by atoms with van der Waals surface area (Å²) in [5.41, 5.74) is -0.652. The van der Waals surface area contributed by atoms with Gasteiger partial charge in [0.15, 0.2) is 0 Å². The molecule has 0 saturated heterocycles. The summed E-state index contributed by atoms with van der Waals surface area (Å²) in [6, 6.07) is 2.13. The van der Waals surface area contributed by atoms with E-state index in [2.05, 4.69) is 6.07 Å². The first-order valence-corrected chi connectivity index (χ1v) is 5.61. The zero-order valence-corrected chi connectivity index (χ0v) is 9.77. The molecule has 3 heteroatoms. The predicted octanol–water partition coefficient (Wildman–Crippen LogP) is 2.60. The van der Waals surface area contributed by atoms with Crippen LogP contribution in [0.4, 0.5) is 0 Å². The minimum Gasteiger partial charge on any atom is -0.465 e. The van der Waals surface area contributed by atoms with Crippen LogP contribution in [0.5, 0.6) is 0 Å². The molecule has 0 saturated carbocycles. The first kappa shape index (κ1) is 12.5. The standard InChI is InChI=1S/C13H17NO2/c1-3-13(12(15)16-4-2)9-6-5-7-11(13)8-10-14/h5-7,9,11H,3-4,8H2,1-2H3/t11-,13+/m1/s1. The topological polar surface area (TPSA) is 50.1 Å². The minimum atomic E-state index is -0.652. The Balaban J connectivity index is 2.99. The highest BCUT2D eigenvalue weighted by molar-refractivity contribution is 5.80. The van der Waals surface area contributed by atoms with Crippen LogP contribution in [0, 0.1) is 22.7 Å². The van der Waals surface area contributed by atoms with E-state index in [0.717, 1.165) is 0 Å². The fraction of sp³-hybridized carbons (Fsp3) is 0.538. The third-order valence-corrected chi connectivity index (χ3v) is 3.06. The molecule has 0 radical (unpaired) electrons. The van der Waals surface area contributed by atoms with Crippen molar-refractivity contribution in [3.8, 4) is 6.07 Å². The fourth-order valence-corrected chi connectivity index (χ4v) is 2.08. The molecule has 0 aromatic rings. The second-order valence-corrected chi connectivity index (χ2v) is 3.83. The van der Waals surface area contributed by atoms with E-state index in [1.54, 1.807) is 6.92 Å². The van der Waals surface area contributed by atoms with Crippen LogP contribution in [0.15, 0.2) is 24.3 Å². The number of nitriles is 1. The van der Waals surface area contributed by atoms with Gasteiger partial charge in [0, 0.05) is 12.3 Å². The van der Waals surface area contributed by atoms with Gasteiger partial charge in [-0.2, -0.15) is 5.26 Å². The molecule has 0 fully saturated rings. The molecule has 0 aromatic carbocycles. The molecule has 0 unspecified atom stereocenters. The number of esters is 1. The van der Waals surface area contributed by atoms with Crippen LogP contribution < -0.4 is 0 Å². The van der Waals surface area contributed by atoms with Gasteiger partial charge in [0.2, 0.25) is 0 Å². The summed E-state index contributed by atoms with van der Waals surface area (Å²) in [5, 5.41) is 8.80. The maximum Gasteiger partial charge on any atom is 0.316 e. The Hall–Kier alpha value is -1.56. The van der Waals surface area contributed by atoms with E-state index >= 15 is 0 Å².